The van der Waals surface area contributed by atoms with Crippen LogP contribution in [0.4, 0.5) is 0 Å². The molecule has 6 heteroatoms. The van der Waals surface area contributed by atoms with Gasteiger partial charge in [-0.1, -0.05) is 35.0 Å². The monoisotopic (exact) mass is 334 g/mol. The molecule has 0 aliphatic heterocycles. The summed E-state index contributed by atoms with van der Waals surface area (Å²) in [5, 5.41) is 4.79. The maximum absolute atomic E-state index is 11.3. The zero-order valence-corrected chi connectivity index (χ0v) is 13.4. The molecular weight excluding hydrogens is 320 g/mol. The molecule has 0 bridgehead atoms. The average molecular weight is 334 g/mol. The average Bonchev–Trinajstić information content (AvgIpc) is 3.09. The van der Waals surface area contributed by atoms with Gasteiger partial charge in [-0.25, -0.2) is 4.79 Å². The van der Waals surface area contributed by atoms with Gasteiger partial charge in [-0.2, -0.15) is 4.98 Å². The Morgan fingerprint density at radius 1 is 1.04 bits per heavy atom. The van der Waals surface area contributed by atoms with Crippen molar-refractivity contribution in [3.63, 3.8) is 0 Å². The molecule has 0 atom stereocenters. The Balaban J connectivity index is 1.50. The normalized spacial score (nSPS) is 10.9. The van der Waals surface area contributed by atoms with Crippen LogP contribution in [0.1, 0.15) is 11.5 Å². The van der Waals surface area contributed by atoms with Crippen molar-refractivity contribution in [3.8, 4) is 17.1 Å². The first-order chi connectivity index (χ1) is 12.2. The van der Waals surface area contributed by atoms with Crippen molar-refractivity contribution in [1.29, 1.82) is 0 Å². The van der Waals surface area contributed by atoms with Gasteiger partial charge in [-0.3, -0.25) is 0 Å². The van der Waals surface area contributed by atoms with Crippen LogP contribution in [0.25, 0.3) is 22.4 Å². The van der Waals surface area contributed by atoms with Gasteiger partial charge in [0.1, 0.15) is 11.3 Å². The lowest BCUT2D eigenvalue weighted by Gasteiger charge is -2.03. The second-order valence-electron chi connectivity index (χ2n) is 5.62. The van der Waals surface area contributed by atoms with E-state index in [9.17, 15) is 4.79 Å². The first kappa shape index (κ1) is 15.1. The van der Waals surface area contributed by atoms with E-state index in [4.69, 9.17) is 13.7 Å². The van der Waals surface area contributed by atoms with Crippen LogP contribution in [0, 0.1) is 6.92 Å². The van der Waals surface area contributed by atoms with Crippen molar-refractivity contribution in [2.45, 2.75) is 13.5 Å². The van der Waals surface area contributed by atoms with Crippen LogP contribution in [0.3, 0.4) is 0 Å². The predicted octanol–water partition coefficient (Wildman–Crippen LogP) is 3.73. The minimum Gasteiger partial charge on any atom is -0.484 e. The zero-order valence-electron chi connectivity index (χ0n) is 13.4. The molecule has 0 N–H and O–H groups in total. The van der Waals surface area contributed by atoms with Gasteiger partial charge in [0.05, 0.1) is 0 Å². The highest BCUT2D eigenvalue weighted by atomic mass is 16.5. The summed E-state index contributed by atoms with van der Waals surface area (Å²) in [4.78, 5) is 15.6. The predicted molar refractivity (Wildman–Crippen MR) is 91.3 cm³/mol. The summed E-state index contributed by atoms with van der Waals surface area (Å²) in [6.07, 6.45) is 0. The van der Waals surface area contributed by atoms with Crippen LogP contribution in [-0.4, -0.2) is 10.1 Å². The Bertz CT molecular complexity index is 1080. The zero-order chi connectivity index (χ0) is 17.2. The fourth-order valence-electron chi connectivity index (χ4n) is 2.41. The van der Waals surface area contributed by atoms with E-state index < -0.39 is 5.63 Å². The summed E-state index contributed by atoms with van der Waals surface area (Å²) in [5.74, 6) is 1.44. The molecule has 0 saturated heterocycles. The highest BCUT2D eigenvalue weighted by molar-refractivity contribution is 5.77. The van der Waals surface area contributed by atoms with Gasteiger partial charge in [-0.05, 0) is 25.1 Å². The SMILES string of the molecule is Cc1ccc(-c2noc(COc3ccc4ccc(=O)oc4c3)n2)cc1. The number of hydrogen-bond acceptors (Lipinski definition) is 6. The quantitative estimate of drug-likeness (QED) is 0.529. The molecule has 4 rings (SSSR count). The highest BCUT2D eigenvalue weighted by Gasteiger charge is 2.09. The number of aromatic nitrogens is 2. The Kier molecular flexibility index (Phi) is 3.78. The van der Waals surface area contributed by atoms with Crippen LogP contribution in [0.2, 0.25) is 0 Å². The molecule has 2 aromatic carbocycles. The van der Waals surface area contributed by atoms with Crippen LogP contribution in [0.15, 0.2) is 68.3 Å². The van der Waals surface area contributed by atoms with Gasteiger partial charge in [0.25, 0.3) is 5.89 Å². The standard InChI is InChI=1S/C19H14N2O4/c1-12-2-4-14(5-3-12)19-20-17(25-21-19)11-23-15-8-6-13-7-9-18(22)24-16(13)10-15/h2-10H,11H2,1H3. The summed E-state index contributed by atoms with van der Waals surface area (Å²) in [5.41, 5.74) is 2.12. The Hall–Kier alpha value is -3.41. The third kappa shape index (κ3) is 3.28. The molecule has 2 heterocycles. The number of aryl methyl sites for hydroxylation is 1. The number of rotatable bonds is 4. The lowest BCUT2D eigenvalue weighted by atomic mass is 10.1. The maximum atomic E-state index is 11.3. The molecular formula is C19H14N2O4. The smallest absolute Gasteiger partial charge is 0.336 e. The van der Waals surface area contributed by atoms with Crippen molar-refractivity contribution in [1.82, 2.24) is 10.1 Å². The summed E-state index contributed by atoms with van der Waals surface area (Å²) >= 11 is 0. The van der Waals surface area contributed by atoms with Crippen molar-refractivity contribution in [3.05, 3.63) is 76.5 Å². The summed E-state index contributed by atoms with van der Waals surface area (Å²) < 4.78 is 16.0. The van der Waals surface area contributed by atoms with E-state index in [2.05, 4.69) is 10.1 Å². The fourth-order valence-corrected chi connectivity index (χ4v) is 2.41. The van der Waals surface area contributed by atoms with Crippen molar-refractivity contribution in [2.75, 3.05) is 0 Å². The van der Waals surface area contributed by atoms with E-state index in [1.54, 1.807) is 18.2 Å². The highest BCUT2D eigenvalue weighted by Crippen LogP contribution is 2.21. The maximum Gasteiger partial charge on any atom is 0.336 e. The van der Waals surface area contributed by atoms with E-state index in [0.29, 0.717) is 23.0 Å². The molecule has 0 aliphatic rings. The molecule has 4 aromatic rings. The third-order valence-corrected chi connectivity index (χ3v) is 3.73. The van der Waals surface area contributed by atoms with Crippen LogP contribution >= 0.6 is 0 Å². The third-order valence-electron chi connectivity index (χ3n) is 3.73. The van der Waals surface area contributed by atoms with Gasteiger partial charge >= 0.3 is 5.63 Å². The Morgan fingerprint density at radius 2 is 1.84 bits per heavy atom. The molecule has 0 saturated carbocycles. The van der Waals surface area contributed by atoms with Crippen LogP contribution in [-0.2, 0) is 6.61 Å². The second-order valence-corrected chi connectivity index (χ2v) is 5.62. The first-order valence-electron chi connectivity index (χ1n) is 7.74. The number of nitrogens with zero attached hydrogens (tertiary/aromatic N) is 2. The lowest BCUT2D eigenvalue weighted by Crippen LogP contribution is -1.97. The molecule has 2 aromatic heterocycles. The molecule has 0 fully saturated rings. The minimum atomic E-state index is -0.399. The number of benzene rings is 2. The summed E-state index contributed by atoms with van der Waals surface area (Å²) in [7, 11) is 0. The number of hydrogen-bond donors (Lipinski definition) is 0. The summed E-state index contributed by atoms with van der Waals surface area (Å²) in [6, 6.07) is 16.2. The lowest BCUT2D eigenvalue weighted by molar-refractivity contribution is 0.243. The molecule has 0 aliphatic carbocycles. The van der Waals surface area contributed by atoms with Crippen LogP contribution < -0.4 is 10.4 Å². The number of ether oxygens (including phenoxy) is 1. The van der Waals surface area contributed by atoms with Crippen molar-refractivity contribution >= 4 is 11.0 Å². The van der Waals surface area contributed by atoms with Gasteiger partial charge in [-0.15, -0.1) is 0 Å². The fraction of sp³-hybridized carbons (Fsp3) is 0.105. The van der Waals surface area contributed by atoms with Crippen LogP contribution in [0.5, 0.6) is 5.75 Å². The van der Waals surface area contributed by atoms with Crippen molar-refractivity contribution in [2.24, 2.45) is 0 Å². The topological polar surface area (TPSA) is 78.4 Å². The molecule has 6 nitrogen and oxygen atoms in total. The largest absolute Gasteiger partial charge is 0.484 e. The van der Waals surface area contributed by atoms with Crippen molar-refractivity contribution < 1.29 is 13.7 Å². The van der Waals surface area contributed by atoms with Gasteiger partial charge in [0.2, 0.25) is 5.82 Å². The molecule has 0 radical (unpaired) electrons. The Morgan fingerprint density at radius 3 is 2.68 bits per heavy atom. The molecule has 0 unspecified atom stereocenters. The first-order valence-corrected chi connectivity index (χ1v) is 7.74. The van der Waals surface area contributed by atoms with E-state index in [1.165, 1.54) is 11.6 Å². The van der Waals surface area contributed by atoms with E-state index >= 15 is 0 Å². The molecule has 124 valence electrons. The van der Waals surface area contributed by atoms with Gasteiger partial charge in [0, 0.05) is 23.1 Å². The van der Waals surface area contributed by atoms with Gasteiger partial charge < -0.3 is 13.7 Å². The van der Waals surface area contributed by atoms with E-state index in [1.807, 2.05) is 37.3 Å². The second kappa shape index (κ2) is 6.24. The van der Waals surface area contributed by atoms with Gasteiger partial charge in [0.15, 0.2) is 6.61 Å². The molecule has 0 amide bonds. The molecule has 0 spiro atoms. The Labute approximate surface area is 142 Å². The molecule has 25 heavy (non-hydrogen) atoms. The number of fused-ring (bicyclic) bond motifs is 1. The van der Waals surface area contributed by atoms with E-state index in [-0.39, 0.29) is 6.61 Å². The van der Waals surface area contributed by atoms with E-state index in [0.717, 1.165) is 10.9 Å². The summed E-state index contributed by atoms with van der Waals surface area (Å²) in [6.45, 7) is 2.15. The minimum absolute atomic E-state index is 0.126.